The first-order valence-electron chi connectivity index (χ1n) is 4.05. The summed E-state index contributed by atoms with van der Waals surface area (Å²) in [6.07, 6.45) is 1.75. The second-order valence-electron chi connectivity index (χ2n) is 2.83. The van der Waals surface area contributed by atoms with Crippen LogP contribution in [0.2, 0.25) is 0 Å². The lowest BCUT2D eigenvalue weighted by atomic mass is 10.3. The molecule has 0 saturated heterocycles. The highest BCUT2D eigenvalue weighted by Crippen LogP contribution is 1.90. The summed E-state index contributed by atoms with van der Waals surface area (Å²) in [6.45, 7) is 3.93. The standard InChI is InChI=1S/C10H12N2S/c1-8-5-3-4-6-9(2)12-10(13)11-7-8/h3-7H,1-2H3,(H,11,12,13). The van der Waals surface area contributed by atoms with Gasteiger partial charge in [0.2, 0.25) is 0 Å². The smallest absolute Gasteiger partial charge is 0.196 e. The summed E-state index contributed by atoms with van der Waals surface area (Å²) in [6, 6.07) is 7.88. The summed E-state index contributed by atoms with van der Waals surface area (Å²) in [7, 11) is 0. The number of nitrogens with one attached hydrogen (secondary N) is 1. The second-order valence-corrected chi connectivity index (χ2v) is 3.22. The molecule has 1 rings (SSSR count). The molecule has 0 bridgehead atoms. The van der Waals surface area contributed by atoms with Crippen LogP contribution in [0.25, 0.3) is 0 Å². The van der Waals surface area contributed by atoms with Crippen LogP contribution in [0.1, 0.15) is 11.3 Å². The summed E-state index contributed by atoms with van der Waals surface area (Å²) in [5.41, 5.74) is 2.07. The summed E-state index contributed by atoms with van der Waals surface area (Å²) >= 11 is 4.99. The van der Waals surface area contributed by atoms with Gasteiger partial charge in [-0.1, -0.05) is 18.2 Å². The first-order valence-corrected chi connectivity index (χ1v) is 4.46. The van der Waals surface area contributed by atoms with Crippen LogP contribution >= 0.6 is 12.2 Å². The van der Waals surface area contributed by atoms with Crippen LogP contribution in [0.4, 0.5) is 0 Å². The van der Waals surface area contributed by atoms with Crippen molar-refractivity contribution >= 4 is 12.2 Å². The third kappa shape index (κ3) is 3.80. The average molecular weight is 192 g/mol. The molecular formula is C10H12N2S. The molecule has 0 radical (unpaired) electrons. The summed E-state index contributed by atoms with van der Waals surface area (Å²) in [4.78, 5) is 7.06. The lowest BCUT2D eigenvalue weighted by Crippen LogP contribution is -1.78. The molecule has 3 heteroatoms. The number of nitrogens with zero attached hydrogens (tertiary/aromatic N) is 1. The van der Waals surface area contributed by atoms with Gasteiger partial charge in [0.15, 0.2) is 4.77 Å². The number of aromatic nitrogens is 2. The Bertz CT molecular complexity index is 394. The maximum Gasteiger partial charge on any atom is 0.196 e. The first-order chi connectivity index (χ1) is 6.18. The third-order valence-electron chi connectivity index (χ3n) is 1.51. The fourth-order valence-corrected chi connectivity index (χ4v) is 1.07. The molecule has 0 aliphatic rings. The van der Waals surface area contributed by atoms with Crippen LogP contribution in [0.3, 0.4) is 0 Å². The SMILES string of the molecule is Cc1ccccc(C)[nH]c(=S)nc1. The van der Waals surface area contributed by atoms with E-state index in [0.29, 0.717) is 4.77 Å². The van der Waals surface area contributed by atoms with Crippen molar-refractivity contribution in [1.29, 1.82) is 0 Å². The fourth-order valence-electron chi connectivity index (χ4n) is 0.853. The molecular weight excluding hydrogens is 180 g/mol. The number of rotatable bonds is 0. The third-order valence-corrected chi connectivity index (χ3v) is 1.71. The van der Waals surface area contributed by atoms with Gasteiger partial charge in [-0.05, 0) is 37.7 Å². The molecule has 0 spiro atoms. The summed E-state index contributed by atoms with van der Waals surface area (Å²) in [5, 5.41) is 0. The van der Waals surface area contributed by atoms with Crippen molar-refractivity contribution in [3.8, 4) is 0 Å². The van der Waals surface area contributed by atoms with Gasteiger partial charge in [-0.15, -0.1) is 0 Å². The van der Waals surface area contributed by atoms with E-state index in [1.165, 1.54) is 0 Å². The van der Waals surface area contributed by atoms with Crippen molar-refractivity contribution in [3.05, 3.63) is 46.5 Å². The van der Waals surface area contributed by atoms with Crippen LogP contribution in [0.15, 0.2) is 30.5 Å². The molecule has 1 N–H and O–H groups in total. The quantitative estimate of drug-likeness (QED) is 0.640. The predicted octanol–water partition coefficient (Wildman–Crippen LogP) is 2.88. The Hall–Kier alpha value is -1.22. The molecule has 0 aliphatic carbocycles. The van der Waals surface area contributed by atoms with Gasteiger partial charge in [0.05, 0.1) is 0 Å². The van der Waals surface area contributed by atoms with Gasteiger partial charge in [-0.25, -0.2) is 4.98 Å². The minimum Gasteiger partial charge on any atom is -0.335 e. The Balaban J connectivity index is 3.40. The Kier molecular flexibility index (Phi) is 3.58. The van der Waals surface area contributed by atoms with Crippen molar-refractivity contribution in [3.63, 3.8) is 0 Å². The molecule has 1 aromatic heterocycles. The summed E-state index contributed by atoms with van der Waals surface area (Å²) < 4.78 is 0.497. The minimum atomic E-state index is 0.497. The van der Waals surface area contributed by atoms with E-state index < -0.39 is 0 Å². The molecule has 0 fully saturated rings. The van der Waals surface area contributed by atoms with E-state index in [4.69, 9.17) is 12.2 Å². The maximum absolute atomic E-state index is 4.99. The molecule has 13 heavy (non-hydrogen) atoms. The van der Waals surface area contributed by atoms with Crippen molar-refractivity contribution in [2.24, 2.45) is 0 Å². The van der Waals surface area contributed by atoms with Gasteiger partial charge in [-0.2, -0.15) is 0 Å². The highest BCUT2D eigenvalue weighted by molar-refractivity contribution is 7.71. The Morgan fingerprint density at radius 3 is 2.69 bits per heavy atom. The van der Waals surface area contributed by atoms with Crippen molar-refractivity contribution in [2.75, 3.05) is 0 Å². The molecule has 0 atom stereocenters. The maximum atomic E-state index is 4.99. The molecule has 1 aromatic rings. The van der Waals surface area contributed by atoms with Crippen LogP contribution < -0.4 is 0 Å². The molecule has 1 heterocycles. The van der Waals surface area contributed by atoms with Gasteiger partial charge in [-0.3, -0.25) is 0 Å². The topological polar surface area (TPSA) is 28.7 Å². The molecule has 0 saturated carbocycles. The average Bonchev–Trinajstić information content (AvgIpc) is 2.08. The van der Waals surface area contributed by atoms with Crippen molar-refractivity contribution in [1.82, 2.24) is 9.97 Å². The van der Waals surface area contributed by atoms with E-state index >= 15 is 0 Å². The summed E-state index contributed by atoms with van der Waals surface area (Å²) in [5.74, 6) is 0. The minimum absolute atomic E-state index is 0.497. The Morgan fingerprint density at radius 1 is 1.23 bits per heavy atom. The highest BCUT2D eigenvalue weighted by Gasteiger charge is 1.77. The molecule has 68 valence electrons. The van der Waals surface area contributed by atoms with E-state index in [2.05, 4.69) is 9.97 Å². The number of aromatic amines is 1. The zero-order chi connectivity index (χ0) is 9.68. The molecule has 2 nitrogen and oxygen atoms in total. The van der Waals surface area contributed by atoms with E-state index in [1.807, 2.05) is 38.1 Å². The monoisotopic (exact) mass is 192 g/mol. The molecule has 0 amide bonds. The zero-order valence-electron chi connectivity index (χ0n) is 7.74. The van der Waals surface area contributed by atoms with Crippen LogP contribution in [-0.2, 0) is 0 Å². The fraction of sp³-hybridized carbons (Fsp3) is 0.200. The van der Waals surface area contributed by atoms with E-state index in [0.717, 1.165) is 11.3 Å². The predicted molar refractivity (Wildman–Crippen MR) is 56.5 cm³/mol. The Morgan fingerprint density at radius 2 is 1.92 bits per heavy atom. The van der Waals surface area contributed by atoms with Crippen LogP contribution in [-0.4, -0.2) is 9.97 Å². The van der Waals surface area contributed by atoms with Gasteiger partial charge < -0.3 is 4.98 Å². The van der Waals surface area contributed by atoms with Gasteiger partial charge in [0.25, 0.3) is 0 Å². The van der Waals surface area contributed by atoms with E-state index in [9.17, 15) is 0 Å². The number of hydrogen-bond donors (Lipinski definition) is 1. The molecule has 0 aliphatic heterocycles. The second kappa shape index (κ2) is 4.72. The first kappa shape index (κ1) is 9.86. The number of aryl methyl sites for hydroxylation is 2. The molecule has 0 aromatic carbocycles. The van der Waals surface area contributed by atoms with E-state index in [1.54, 1.807) is 6.20 Å². The van der Waals surface area contributed by atoms with Gasteiger partial charge in [0.1, 0.15) is 0 Å². The Labute approximate surface area is 83.0 Å². The van der Waals surface area contributed by atoms with Crippen LogP contribution in [0, 0.1) is 18.6 Å². The van der Waals surface area contributed by atoms with Crippen LogP contribution in [0.5, 0.6) is 0 Å². The van der Waals surface area contributed by atoms with Gasteiger partial charge >= 0.3 is 0 Å². The van der Waals surface area contributed by atoms with Crippen molar-refractivity contribution < 1.29 is 0 Å². The largest absolute Gasteiger partial charge is 0.335 e. The lowest BCUT2D eigenvalue weighted by Gasteiger charge is -1.86. The lowest BCUT2D eigenvalue weighted by molar-refractivity contribution is 1.10. The number of H-pyrrole nitrogens is 1. The zero-order valence-corrected chi connectivity index (χ0v) is 8.56. The highest BCUT2D eigenvalue weighted by atomic mass is 32.1. The van der Waals surface area contributed by atoms with Gasteiger partial charge in [0, 0.05) is 11.9 Å². The normalized spacial score (nSPS) is 9.08. The van der Waals surface area contributed by atoms with Crippen molar-refractivity contribution in [2.45, 2.75) is 13.8 Å². The number of hydrogen-bond acceptors (Lipinski definition) is 2. The molecule has 0 unspecified atom stereocenters. The van der Waals surface area contributed by atoms with E-state index in [-0.39, 0.29) is 0 Å².